The van der Waals surface area contributed by atoms with Crippen molar-refractivity contribution in [2.45, 2.75) is 25.7 Å². The second-order valence-corrected chi connectivity index (χ2v) is 9.05. The van der Waals surface area contributed by atoms with Gasteiger partial charge in [0.2, 0.25) is 0 Å². The Balaban J connectivity index is 1.34. The van der Waals surface area contributed by atoms with Gasteiger partial charge in [-0.15, -0.1) is 0 Å². The van der Waals surface area contributed by atoms with Crippen LogP contribution < -0.4 is 0 Å². The lowest BCUT2D eigenvalue weighted by Gasteiger charge is -2.20. The van der Waals surface area contributed by atoms with Crippen LogP contribution in [0.15, 0.2) is 66.7 Å². The van der Waals surface area contributed by atoms with Gasteiger partial charge in [-0.2, -0.15) is 0 Å². The van der Waals surface area contributed by atoms with Gasteiger partial charge in [-0.25, -0.2) is 4.79 Å². The van der Waals surface area contributed by atoms with Crippen LogP contribution in [0, 0.1) is 19.8 Å². The lowest BCUT2D eigenvalue weighted by molar-refractivity contribution is -0.141. The highest BCUT2D eigenvalue weighted by atomic mass is 16.6. The molecule has 1 aliphatic carbocycles. The van der Waals surface area contributed by atoms with Gasteiger partial charge in [-0.3, -0.25) is 4.79 Å². The van der Waals surface area contributed by atoms with Gasteiger partial charge in [-0.05, 0) is 52.8 Å². The van der Waals surface area contributed by atoms with Crippen molar-refractivity contribution in [1.29, 1.82) is 0 Å². The molecule has 1 saturated heterocycles. The van der Waals surface area contributed by atoms with E-state index in [-0.39, 0.29) is 25.0 Å². The monoisotopic (exact) mass is 441 g/mol. The largest absolute Gasteiger partial charge is 0.481 e. The fourth-order valence-corrected chi connectivity index (χ4v) is 5.38. The number of carboxylic acids is 1. The number of hydrogen-bond donors (Lipinski definition) is 1. The van der Waals surface area contributed by atoms with Gasteiger partial charge in [0.15, 0.2) is 0 Å². The zero-order chi connectivity index (χ0) is 23.1. The molecular weight excluding hydrogens is 414 g/mol. The van der Waals surface area contributed by atoms with Crippen molar-refractivity contribution >= 4 is 12.1 Å². The van der Waals surface area contributed by atoms with Crippen molar-refractivity contribution in [2.75, 3.05) is 19.7 Å². The molecule has 0 radical (unpaired) electrons. The predicted octanol–water partition coefficient (Wildman–Crippen LogP) is 5.35. The summed E-state index contributed by atoms with van der Waals surface area (Å²) >= 11 is 0. The highest BCUT2D eigenvalue weighted by Gasteiger charge is 2.42. The standard InChI is InChI=1S/C28H27NO4/c1-17-8-7-13-19(18(17)2)24-14-29(15-25(24)27(30)31)28(32)33-16-26-22-11-5-3-9-20(22)21-10-4-6-12-23(21)26/h3-13,24-26H,14-16H2,1-2H3,(H,30,31)/t24-,25+/m0/s1. The Morgan fingerprint density at radius 3 is 2.12 bits per heavy atom. The van der Waals surface area contributed by atoms with Crippen LogP contribution in [0.25, 0.3) is 11.1 Å². The molecule has 5 rings (SSSR count). The van der Waals surface area contributed by atoms with E-state index in [0.29, 0.717) is 6.54 Å². The predicted molar refractivity (Wildman–Crippen MR) is 126 cm³/mol. The van der Waals surface area contributed by atoms with Crippen LogP contribution in [0.5, 0.6) is 0 Å². The number of ether oxygens (including phenoxy) is 1. The molecule has 1 aliphatic heterocycles. The summed E-state index contributed by atoms with van der Waals surface area (Å²) in [7, 11) is 0. The maximum absolute atomic E-state index is 13.0. The summed E-state index contributed by atoms with van der Waals surface area (Å²) in [5.74, 6) is -1.79. The van der Waals surface area contributed by atoms with Crippen molar-refractivity contribution in [2.24, 2.45) is 5.92 Å². The number of hydrogen-bond acceptors (Lipinski definition) is 3. The number of carbonyl (C=O) groups excluding carboxylic acids is 1. The van der Waals surface area contributed by atoms with Crippen LogP contribution in [0.4, 0.5) is 4.79 Å². The molecular formula is C28H27NO4. The van der Waals surface area contributed by atoms with Gasteiger partial charge in [0.1, 0.15) is 6.61 Å². The fourth-order valence-electron chi connectivity index (χ4n) is 5.38. The maximum atomic E-state index is 13.0. The van der Waals surface area contributed by atoms with Crippen LogP contribution in [0.1, 0.15) is 39.7 Å². The second-order valence-electron chi connectivity index (χ2n) is 9.05. The van der Waals surface area contributed by atoms with Gasteiger partial charge < -0.3 is 14.7 Å². The maximum Gasteiger partial charge on any atom is 0.409 e. The number of amides is 1. The lowest BCUT2D eigenvalue weighted by Crippen LogP contribution is -2.31. The first-order valence-corrected chi connectivity index (χ1v) is 11.3. The molecule has 3 aromatic rings. The van der Waals surface area contributed by atoms with E-state index in [0.717, 1.165) is 27.8 Å². The molecule has 1 fully saturated rings. The Hall–Kier alpha value is -3.60. The summed E-state index contributed by atoms with van der Waals surface area (Å²) < 4.78 is 5.78. The Morgan fingerprint density at radius 2 is 1.48 bits per heavy atom. The third-order valence-corrected chi connectivity index (χ3v) is 7.28. The normalized spacial score (nSPS) is 19.3. The molecule has 5 heteroatoms. The number of nitrogens with zero attached hydrogens (tertiary/aromatic N) is 1. The SMILES string of the molecule is Cc1cccc([C@@H]2CN(C(=O)OCC3c4ccccc4-c4ccccc43)C[C@H]2C(=O)O)c1C. The molecule has 0 saturated carbocycles. The topological polar surface area (TPSA) is 66.8 Å². The lowest BCUT2D eigenvalue weighted by atomic mass is 9.85. The van der Waals surface area contributed by atoms with E-state index in [1.807, 2.05) is 56.3 Å². The molecule has 1 N–H and O–H groups in total. The van der Waals surface area contributed by atoms with Crippen molar-refractivity contribution in [1.82, 2.24) is 4.90 Å². The summed E-state index contributed by atoms with van der Waals surface area (Å²) in [4.78, 5) is 26.6. The minimum Gasteiger partial charge on any atom is -0.481 e. The zero-order valence-corrected chi connectivity index (χ0v) is 18.8. The number of benzene rings is 3. The number of carbonyl (C=O) groups is 2. The third kappa shape index (κ3) is 3.67. The molecule has 0 unspecified atom stereocenters. The van der Waals surface area contributed by atoms with Gasteiger partial charge in [0.25, 0.3) is 0 Å². The molecule has 0 bridgehead atoms. The summed E-state index contributed by atoms with van der Waals surface area (Å²) in [6.45, 7) is 4.77. The molecule has 1 heterocycles. The molecule has 2 aliphatic rings. The summed E-state index contributed by atoms with van der Waals surface area (Å²) in [6.07, 6.45) is -0.448. The molecule has 5 nitrogen and oxygen atoms in total. The summed E-state index contributed by atoms with van der Waals surface area (Å²) in [6, 6.07) is 22.4. The number of rotatable bonds is 4. The molecule has 1 amide bonds. The quantitative estimate of drug-likeness (QED) is 0.592. The minimum absolute atomic E-state index is 0.0194. The van der Waals surface area contributed by atoms with E-state index in [2.05, 4.69) is 24.3 Å². The van der Waals surface area contributed by atoms with Crippen molar-refractivity contribution in [3.63, 3.8) is 0 Å². The molecule has 2 atom stereocenters. The van der Waals surface area contributed by atoms with Gasteiger partial charge in [0, 0.05) is 24.9 Å². The Morgan fingerprint density at radius 1 is 0.879 bits per heavy atom. The van der Waals surface area contributed by atoms with Gasteiger partial charge in [-0.1, -0.05) is 66.7 Å². The number of aliphatic carboxylic acids is 1. The molecule has 3 aromatic carbocycles. The first-order chi connectivity index (χ1) is 16.0. The van der Waals surface area contributed by atoms with E-state index >= 15 is 0 Å². The van der Waals surface area contributed by atoms with E-state index < -0.39 is 18.0 Å². The number of likely N-dealkylation sites (tertiary alicyclic amines) is 1. The van der Waals surface area contributed by atoms with E-state index in [9.17, 15) is 14.7 Å². The molecule has 0 aromatic heterocycles. The summed E-state index contributed by atoms with van der Waals surface area (Å²) in [5.41, 5.74) is 7.87. The average molecular weight is 442 g/mol. The minimum atomic E-state index is -0.880. The van der Waals surface area contributed by atoms with Gasteiger partial charge >= 0.3 is 12.1 Å². The molecule has 33 heavy (non-hydrogen) atoms. The molecule has 168 valence electrons. The van der Waals surface area contributed by atoms with E-state index in [1.165, 1.54) is 11.1 Å². The second kappa shape index (κ2) is 8.39. The fraction of sp³-hybridized carbons (Fsp3) is 0.286. The van der Waals surface area contributed by atoms with Crippen LogP contribution in [0.3, 0.4) is 0 Å². The van der Waals surface area contributed by atoms with Crippen LogP contribution in [-0.2, 0) is 9.53 Å². The number of carboxylic acid groups (broad SMARTS) is 1. The van der Waals surface area contributed by atoms with Crippen LogP contribution in [-0.4, -0.2) is 41.8 Å². The number of aryl methyl sites for hydroxylation is 1. The van der Waals surface area contributed by atoms with Crippen molar-refractivity contribution in [3.05, 3.63) is 94.5 Å². The molecule has 0 spiro atoms. The van der Waals surface area contributed by atoms with Gasteiger partial charge in [0.05, 0.1) is 5.92 Å². The van der Waals surface area contributed by atoms with Crippen molar-refractivity contribution < 1.29 is 19.4 Å². The third-order valence-electron chi connectivity index (χ3n) is 7.28. The van der Waals surface area contributed by atoms with E-state index in [4.69, 9.17) is 4.74 Å². The Labute approximate surface area is 193 Å². The van der Waals surface area contributed by atoms with Crippen LogP contribution >= 0.6 is 0 Å². The van der Waals surface area contributed by atoms with Crippen LogP contribution in [0.2, 0.25) is 0 Å². The first-order valence-electron chi connectivity index (χ1n) is 11.3. The zero-order valence-electron chi connectivity index (χ0n) is 18.8. The Kier molecular flexibility index (Phi) is 5.41. The van der Waals surface area contributed by atoms with Crippen molar-refractivity contribution in [3.8, 4) is 11.1 Å². The highest BCUT2D eigenvalue weighted by molar-refractivity contribution is 5.79. The average Bonchev–Trinajstić information content (AvgIpc) is 3.40. The Bertz CT molecular complexity index is 1190. The highest BCUT2D eigenvalue weighted by Crippen LogP contribution is 2.44. The summed E-state index contributed by atoms with van der Waals surface area (Å²) in [5, 5.41) is 9.85. The number of fused-ring (bicyclic) bond motifs is 3. The van der Waals surface area contributed by atoms with E-state index in [1.54, 1.807) is 4.90 Å². The first kappa shape index (κ1) is 21.3. The smallest absolute Gasteiger partial charge is 0.409 e.